The number of pyridine rings is 1. The van der Waals surface area contributed by atoms with Crippen molar-refractivity contribution in [3.63, 3.8) is 0 Å². The molecule has 30 heavy (non-hydrogen) atoms. The number of H-pyrrole nitrogens is 1. The number of nitrogens with zero attached hydrogens (tertiary/aromatic N) is 1. The van der Waals surface area contributed by atoms with Crippen LogP contribution < -0.4 is 19.9 Å². The molecular weight excluding hydrogens is 395 g/mol. The van der Waals surface area contributed by atoms with E-state index < -0.39 is 11.7 Å². The first-order valence-electron chi connectivity index (χ1n) is 9.98. The molecule has 0 aliphatic carbocycles. The van der Waals surface area contributed by atoms with Crippen LogP contribution in [0.15, 0.2) is 36.5 Å². The summed E-state index contributed by atoms with van der Waals surface area (Å²) in [4.78, 5) is 17.5. The Labute approximate surface area is 174 Å². The third kappa shape index (κ3) is 5.04. The molecule has 5 nitrogen and oxygen atoms in total. The second-order valence-corrected chi connectivity index (χ2v) is 7.70. The Morgan fingerprint density at radius 3 is 2.50 bits per heavy atom. The van der Waals surface area contributed by atoms with Gasteiger partial charge in [0.1, 0.15) is 11.9 Å². The van der Waals surface area contributed by atoms with Gasteiger partial charge in [-0.05, 0) is 38.8 Å². The summed E-state index contributed by atoms with van der Waals surface area (Å²) in [5.74, 6) is 1.22. The molecule has 1 atom stereocenters. The highest BCUT2D eigenvalue weighted by Crippen LogP contribution is 2.30. The number of benzene rings is 1. The number of piperidine rings is 1. The van der Waals surface area contributed by atoms with E-state index in [2.05, 4.69) is 10.3 Å². The maximum atomic E-state index is 12.8. The van der Waals surface area contributed by atoms with Crippen LogP contribution in [0.2, 0.25) is 0 Å². The number of alkyl halides is 3. The molecule has 2 aromatic rings. The highest BCUT2D eigenvalue weighted by Gasteiger charge is 2.33. The number of anilines is 1. The minimum absolute atomic E-state index is 0.0119. The van der Waals surface area contributed by atoms with Crippen LogP contribution in [0.25, 0.3) is 0 Å². The lowest BCUT2D eigenvalue weighted by molar-refractivity contribution is -0.367. The number of aryl methyl sites for hydroxylation is 1. The number of nitrogens with one attached hydrogen (secondary N) is 2. The molecule has 0 saturated carbocycles. The normalized spacial score (nSPS) is 16.3. The Bertz CT molecular complexity index is 876. The number of halogens is 3. The van der Waals surface area contributed by atoms with Gasteiger partial charge in [0.05, 0.1) is 31.8 Å². The summed E-state index contributed by atoms with van der Waals surface area (Å²) in [5.41, 5.74) is 1.32. The van der Waals surface area contributed by atoms with Crippen LogP contribution in [0.3, 0.4) is 0 Å². The van der Waals surface area contributed by atoms with Gasteiger partial charge in [-0.3, -0.25) is 9.69 Å². The van der Waals surface area contributed by atoms with Crippen molar-refractivity contribution in [2.45, 2.75) is 38.9 Å². The van der Waals surface area contributed by atoms with E-state index in [0.29, 0.717) is 31.7 Å². The van der Waals surface area contributed by atoms with Gasteiger partial charge in [-0.25, -0.2) is 4.98 Å². The number of hydrogen-bond donors (Lipinski definition) is 1. The molecule has 1 fully saturated rings. The number of hydrogen-bond acceptors (Lipinski definition) is 3. The Kier molecular flexibility index (Phi) is 6.53. The van der Waals surface area contributed by atoms with Crippen molar-refractivity contribution < 1.29 is 27.7 Å². The van der Waals surface area contributed by atoms with E-state index in [-0.39, 0.29) is 17.9 Å². The van der Waals surface area contributed by atoms with Crippen molar-refractivity contribution in [3.8, 4) is 5.75 Å². The molecule has 1 saturated heterocycles. The molecule has 3 rings (SSSR count). The lowest BCUT2D eigenvalue weighted by Crippen LogP contribution is -2.42. The smallest absolute Gasteiger partial charge is 0.419 e. The minimum atomic E-state index is -4.36. The average molecular weight is 422 g/mol. The number of aromatic nitrogens is 1. The second kappa shape index (κ2) is 8.93. The maximum Gasteiger partial charge on any atom is 0.419 e. The number of methoxy groups -OCH3 is 1. The maximum absolute atomic E-state index is 12.8. The molecule has 1 amide bonds. The molecule has 1 aliphatic heterocycles. The predicted octanol–water partition coefficient (Wildman–Crippen LogP) is 3.93. The highest BCUT2D eigenvalue weighted by molar-refractivity contribution is 5.79. The number of rotatable bonds is 5. The molecule has 0 bridgehead atoms. The second-order valence-electron chi connectivity index (χ2n) is 7.70. The predicted molar refractivity (Wildman–Crippen MR) is 107 cm³/mol. The van der Waals surface area contributed by atoms with E-state index in [4.69, 9.17) is 4.74 Å². The molecular formula is C22H27F3N3O2+. The van der Waals surface area contributed by atoms with Crippen molar-refractivity contribution >= 4 is 11.7 Å². The van der Waals surface area contributed by atoms with E-state index in [1.807, 2.05) is 36.9 Å². The van der Waals surface area contributed by atoms with Gasteiger partial charge in [-0.2, -0.15) is 13.2 Å². The average Bonchev–Trinajstić information content (AvgIpc) is 2.73. The first kappa shape index (κ1) is 21.9. The van der Waals surface area contributed by atoms with Crippen LogP contribution in [0.1, 0.15) is 42.5 Å². The molecule has 1 aliphatic rings. The van der Waals surface area contributed by atoms with Gasteiger partial charge in [0.2, 0.25) is 5.91 Å². The molecule has 1 aromatic carbocycles. The number of carbonyl (C=O) groups excluding carboxylic acids is 1. The summed E-state index contributed by atoms with van der Waals surface area (Å²) in [7, 11) is 1.61. The van der Waals surface area contributed by atoms with Gasteiger partial charge in [0, 0.05) is 17.5 Å². The van der Waals surface area contributed by atoms with Gasteiger partial charge in [0.15, 0.2) is 0 Å². The number of amides is 1. The fraction of sp³-hybridized carbons (Fsp3) is 0.455. The van der Waals surface area contributed by atoms with Gasteiger partial charge >= 0.3 is 6.18 Å². The lowest BCUT2D eigenvalue weighted by Gasteiger charge is -2.28. The van der Waals surface area contributed by atoms with Crippen molar-refractivity contribution in [1.82, 2.24) is 5.32 Å². The fourth-order valence-corrected chi connectivity index (χ4v) is 3.77. The number of ether oxygens (including phenoxy) is 1. The molecule has 0 radical (unpaired) electrons. The first-order chi connectivity index (χ1) is 14.2. The van der Waals surface area contributed by atoms with Crippen LogP contribution in [-0.2, 0) is 11.0 Å². The van der Waals surface area contributed by atoms with Crippen LogP contribution >= 0.6 is 0 Å². The van der Waals surface area contributed by atoms with Crippen LogP contribution in [0.4, 0.5) is 19.0 Å². The molecule has 2 N–H and O–H groups in total. The van der Waals surface area contributed by atoms with Gasteiger partial charge in [-0.1, -0.05) is 17.7 Å². The summed E-state index contributed by atoms with van der Waals surface area (Å²) < 4.78 is 43.5. The summed E-state index contributed by atoms with van der Waals surface area (Å²) in [6.07, 6.45) is -2.11. The zero-order chi connectivity index (χ0) is 21.9. The third-order valence-electron chi connectivity index (χ3n) is 5.54. The molecule has 162 valence electrons. The van der Waals surface area contributed by atoms with Gasteiger partial charge < -0.3 is 10.1 Å². The zero-order valence-electron chi connectivity index (χ0n) is 17.3. The molecule has 8 heteroatoms. The third-order valence-corrected chi connectivity index (χ3v) is 5.54. The van der Waals surface area contributed by atoms with Crippen molar-refractivity contribution in [3.05, 3.63) is 53.2 Å². The lowest BCUT2D eigenvalue weighted by atomic mass is 9.95. The largest absolute Gasteiger partial charge is 0.496 e. The van der Waals surface area contributed by atoms with Crippen molar-refractivity contribution in [2.75, 3.05) is 25.1 Å². The number of carbonyl (C=O) groups is 1. The Morgan fingerprint density at radius 2 is 1.93 bits per heavy atom. The fourth-order valence-electron chi connectivity index (χ4n) is 3.77. The first-order valence-corrected chi connectivity index (χ1v) is 9.98. The Hall–Kier alpha value is -2.77. The van der Waals surface area contributed by atoms with Gasteiger partial charge in [-0.15, -0.1) is 0 Å². The Balaban J connectivity index is 1.57. The van der Waals surface area contributed by atoms with E-state index in [0.717, 1.165) is 29.1 Å². The summed E-state index contributed by atoms with van der Waals surface area (Å²) >= 11 is 0. The SMILES string of the molecule is COc1ccc(C)cc1[C@@H](C)NC(=O)C1CCN(c2ccc(C(F)(F)F)c[nH+]2)CC1. The molecule has 0 spiro atoms. The van der Waals surface area contributed by atoms with E-state index in [9.17, 15) is 18.0 Å². The summed E-state index contributed by atoms with van der Waals surface area (Å²) in [5, 5.41) is 3.08. The van der Waals surface area contributed by atoms with Crippen LogP contribution in [0, 0.1) is 12.8 Å². The molecule has 2 heterocycles. The zero-order valence-corrected chi connectivity index (χ0v) is 17.3. The van der Waals surface area contributed by atoms with Gasteiger partial charge in [0.25, 0.3) is 5.82 Å². The number of aromatic amines is 1. The topological polar surface area (TPSA) is 55.7 Å². The van der Waals surface area contributed by atoms with E-state index in [1.54, 1.807) is 7.11 Å². The molecule has 0 unspecified atom stereocenters. The summed E-state index contributed by atoms with van der Waals surface area (Å²) in [6, 6.07) is 8.19. The molecule has 1 aromatic heterocycles. The quantitative estimate of drug-likeness (QED) is 0.795. The minimum Gasteiger partial charge on any atom is -0.496 e. The summed E-state index contributed by atoms with van der Waals surface area (Å²) in [6.45, 7) is 5.12. The Morgan fingerprint density at radius 1 is 1.23 bits per heavy atom. The van der Waals surface area contributed by atoms with Crippen LogP contribution in [-0.4, -0.2) is 26.1 Å². The monoisotopic (exact) mass is 422 g/mol. The highest BCUT2D eigenvalue weighted by atomic mass is 19.4. The van der Waals surface area contributed by atoms with Crippen LogP contribution in [0.5, 0.6) is 5.75 Å². The van der Waals surface area contributed by atoms with E-state index >= 15 is 0 Å². The van der Waals surface area contributed by atoms with E-state index in [1.165, 1.54) is 6.07 Å². The van der Waals surface area contributed by atoms with Crippen molar-refractivity contribution in [1.29, 1.82) is 0 Å². The van der Waals surface area contributed by atoms with Crippen molar-refractivity contribution in [2.24, 2.45) is 5.92 Å². The standard InChI is InChI=1S/C22H26F3N3O2/c1-14-4-6-19(30-3)18(12-14)15(2)27-21(29)16-8-10-28(11-9-16)20-7-5-17(13-26-20)22(23,24)25/h4-7,12-13,15-16H,8-11H2,1-3H3,(H,27,29)/p+1/t15-/m1/s1.